The third-order valence-corrected chi connectivity index (χ3v) is 6.23. The Morgan fingerprint density at radius 2 is 1.87 bits per heavy atom. The molecule has 0 bridgehead atoms. The Balaban J connectivity index is 1.25. The van der Waals surface area contributed by atoms with Crippen LogP contribution < -0.4 is 15.5 Å². The van der Waals surface area contributed by atoms with Gasteiger partial charge in [-0.1, -0.05) is 30.3 Å². The van der Waals surface area contributed by atoms with Gasteiger partial charge in [0.05, 0.1) is 5.69 Å². The van der Waals surface area contributed by atoms with Crippen molar-refractivity contribution in [1.82, 2.24) is 20.1 Å². The van der Waals surface area contributed by atoms with E-state index in [1.54, 1.807) is 6.20 Å². The molecule has 7 heteroatoms. The van der Waals surface area contributed by atoms with Gasteiger partial charge in [-0.2, -0.15) is 0 Å². The molecule has 31 heavy (non-hydrogen) atoms. The molecule has 7 nitrogen and oxygen atoms in total. The molecular formula is C24H34N6O. The third kappa shape index (κ3) is 5.74. The van der Waals surface area contributed by atoms with E-state index in [0.717, 1.165) is 57.2 Å². The Labute approximate surface area is 185 Å². The summed E-state index contributed by atoms with van der Waals surface area (Å²) in [5.41, 5.74) is 2.15. The van der Waals surface area contributed by atoms with Gasteiger partial charge in [0.25, 0.3) is 0 Å². The van der Waals surface area contributed by atoms with Gasteiger partial charge in [-0.15, -0.1) is 0 Å². The second-order valence-electron chi connectivity index (χ2n) is 8.53. The maximum Gasteiger partial charge on any atom is 0.319 e. The van der Waals surface area contributed by atoms with Crippen LogP contribution in [0, 0.1) is 0 Å². The molecule has 1 atom stereocenters. The van der Waals surface area contributed by atoms with Crippen molar-refractivity contribution < 1.29 is 4.79 Å². The summed E-state index contributed by atoms with van der Waals surface area (Å²) in [5, 5.41) is 6.01. The Morgan fingerprint density at radius 3 is 2.68 bits per heavy atom. The molecular weight excluding hydrogens is 388 g/mol. The number of benzene rings is 1. The summed E-state index contributed by atoms with van der Waals surface area (Å²) in [5.74, 6) is 0.873. The van der Waals surface area contributed by atoms with E-state index in [1.165, 1.54) is 18.4 Å². The van der Waals surface area contributed by atoms with E-state index >= 15 is 0 Å². The predicted molar refractivity (Wildman–Crippen MR) is 126 cm³/mol. The fourth-order valence-corrected chi connectivity index (χ4v) is 4.54. The van der Waals surface area contributed by atoms with Crippen molar-refractivity contribution in [2.45, 2.75) is 25.3 Å². The van der Waals surface area contributed by atoms with Crippen LogP contribution in [0.3, 0.4) is 0 Å². The number of likely N-dealkylation sites (N-methyl/N-ethyl adjacent to an activating group) is 1. The average Bonchev–Trinajstić information content (AvgIpc) is 3.33. The van der Waals surface area contributed by atoms with Crippen molar-refractivity contribution in [2.24, 2.45) is 0 Å². The minimum atomic E-state index is -0.161. The number of nitrogens with one attached hydrogen (secondary N) is 2. The summed E-state index contributed by atoms with van der Waals surface area (Å²) in [6.07, 6.45) is 5.07. The number of urea groups is 1. The lowest BCUT2D eigenvalue weighted by molar-refractivity contribution is 0.0890. The van der Waals surface area contributed by atoms with Gasteiger partial charge < -0.3 is 20.4 Å². The molecule has 2 amide bonds. The van der Waals surface area contributed by atoms with Crippen molar-refractivity contribution in [3.63, 3.8) is 0 Å². The van der Waals surface area contributed by atoms with E-state index in [9.17, 15) is 4.79 Å². The second-order valence-corrected chi connectivity index (χ2v) is 8.53. The first-order valence-corrected chi connectivity index (χ1v) is 11.4. The summed E-state index contributed by atoms with van der Waals surface area (Å²) in [7, 11) is 2.19. The zero-order valence-electron chi connectivity index (χ0n) is 18.5. The highest BCUT2D eigenvalue weighted by molar-refractivity contribution is 5.92. The van der Waals surface area contributed by atoms with E-state index in [4.69, 9.17) is 0 Å². The summed E-state index contributed by atoms with van der Waals surface area (Å²) in [4.78, 5) is 24.1. The largest absolute Gasteiger partial charge is 0.355 e. The normalized spacial score (nSPS) is 20.0. The maximum absolute atomic E-state index is 12.5. The fourth-order valence-electron chi connectivity index (χ4n) is 4.54. The monoisotopic (exact) mass is 422 g/mol. The summed E-state index contributed by atoms with van der Waals surface area (Å²) in [6, 6.07) is 14.8. The standard InChI is InChI=1S/C24H34N6O/c1-28-17-18-29(22(19-28)20-9-3-2-4-10-20)16-8-13-26-24(31)27-21-11-7-12-25-23(21)30-14-5-6-15-30/h2-4,7,9-12,22H,5-6,8,13-19H2,1H3,(H2,26,27,31)/t22-/m0/s1. The molecule has 2 fully saturated rings. The van der Waals surface area contributed by atoms with E-state index in [0.29, 0.717) is 12.6 Å². The molecule has 166 valence electrons. The number of anilines is 2. The van der Waals surface area contributed by atoms with Crippen molar-refractivity contribution in [2.75, 3.05) is 63.1 Å². The molecule has 0 aliphatic carbocycles. The second kappa shape index (κ2) is 10.6. The number of aromatic nitrogens is 1. The lowest BCUT2D eigenvalue weighted by Gasteiger charge is -2.40. The fraction of sp³-hybridized carbons (Fsp3) is 0.500. The van der Waals surface area contributed by atoms with E-state index < -0.39 is 0 Å². The van der Waals surface area contributed by atoms with E-state index in [2.05, 4.69) is 67.7 Å². The van der Waals surface area contributed by atoms with Gasteiger partial charge in [0.1, 0.15) is 0 Å². The van der Waals surface area contributed by atoms with Crippen LogP contribution in [0.1, 0.15) is 30.9 Å². The number of rotatable bonds is 7. The molecule has 0 unspecified atom stereocenters. The first-order chi connectivity index (χ1) is 15.2. The molecule has 2 saturated heterocycles. The topological polar surface area (TPSA) is 63.7 Å². The molecule has 2 aliphatic rings. The van der Waals surface area contributed by atoms with Crippen molar-refractivity contribution in [1.29, 1.82) is 0 Å². The Bertz CT molecular complexity index is 839. The molecule has 0 radical (unpaired) electrons. The molecule has 2 N–H and O–H groups in total. The highest BCUT2D eigenvalue weighted by atomic mass is 16.2. The summed E-state index contributed by atoms with van der Waals surface area (Å²) in [6.45, 7) is 6.80. The smallest absolute Gasteiger partial charge is 0.319 e. The molecule has 0 spiro atoms. The van der Waals surface area contributed by atoms with Crippen LogP contribution in [-0.2, 0) is 0 Å². The number of piperazine rings is 1. The number of carbonyl (C=O) groups excluding carboxylic acids is 1. The molecule has 1 aromatic heterocycles. The van der Waals surface area contributed by atoms with Gasteiger partial charge >= 0.3 is 6.03 Å². The van der Waals surface area contributed by atoms with Crippen molar-refractivity contribution >= 4 is 17.5 Å². The SMILES string of the molecule is CN1CCN(CCCNC(=O)Nc2cccnc2N2CCCC2)[C@H](c2ccccc2)C1. The van der Waals surface area contributed by atoms with Crippen LogP contribution >= 0.6 is 0 Å². The molecule has 2 aliphatic heterocycles. The number of hydrogen-bond acceptors (Lipinski definition) is 5. The number of pyridine rings is 1. The Kier molecular flexibility index (Phi) is 7.38. The quantitative estimate of drug-likeness (QED) is 0.671. The minimum Gasteiger partial charge on any atom is -0.355 e. The highest BCUT2D eigenvalue weighted by Gasteiger charge is 2.26. The molecule has 0 saturated carbocycles. The van der Waals surface area contributed by atoms with Gasteiger partial charge in [0.2, 0.25) is 0 Å². The van der Waals surface area contributed by atoms with Crippen LogP contribution in [0.5, 0.6) is 0 Å². The van der Waals surface area contributed by atoms with Crippen molar-refractivity contribution in [3.05, 3.63) is 54.2 Å². The molecule has 3 heterocycles. The predicted octanol–water partition coefficient (Wildman–Crippen LogP) is 3.18. The number of nitrogens with zero attached hydrogens (tertiary/aromatic N) is 4. The first kappa shape index (κ1) is 21.6. The lowest BCUT2D eigenvalue weighted by atomic mass is 10.0. The first-order valence-electron chi connectivity index (χ1n) is 11.4. The van der Waals surface area contributed by atoms with E-state index in [-0.39, 0.29) is 6.03 Å². The molecule has 1 aromatic carbocycles. The summed E-state index contributed by atoms with van der Waals surface area (Å²) >= 11 is 0. The number of carbonyl (C=O) groups is 1. The van der Waals surface area contributed by atoms with Crippen LogP contribution in [-0.4, -0.2) is 73.7 Å². The van der Waals surface area contributed by atoms with Gasteiger partial charge in [0, 0.05) is 58.1 Å². The Morgan fingerprint density at radius 1 is 1.06 bits per heavy atom. The van der Waals surface area contributed by atoms with Crippen LogP contribution in [0.4, 0.5) is 16.3 Å². The maximum atomic E-state index is 12.5. The lowest BCUT2D eigenvalue weighted by Crippen LogP contribution is -2.47. The zero-order chi connectivity index (χ0) is 21.5. The van der Waals surface area contributed by atoms with Gasteiger partial charge in [-0.05, 0) is 44.0 Å². The molecule has 2 aromatic rings. The van der Waals surface area contributed by atoms with Crippen LogP contribution in [0.15, 0.2) is 48.7 Å². The average molecular weight is 423 g/mol. The van der Waals surface area contributed by atoms with E-state index in [1.807, 2.05) is 12.1 Å². The summed E-state index contributed by atoms with van der Waals surface area (Å²) < 4.78 is 0. The van der Waals surface area contributed by atoms with Gasteiger partial charge in [-0.3, -0.25) is 4.90 Å². The van der Waals surface area contributed by atoms with Gasteiger partial charge in [0.15, 0.2) is 5.82 Å². The minimum absolute atomic E-state index is 0.161. The third-order valence-electron chi connectivity index (χ3n) is 6.23. The number of hydrogen-bond donors (Lipinski definition) is 2. The van der Waals surface area contributed by atoms with Crippen LogP contribution in [0.2, 0.25) is 0 Å². The van der Waals surface area contributed by atoms with Crippen LogP contribution in [0.25, 0.3) is 0 Å². The van der Waals surface area contributed by atoms with Crippen molar-refractivity contribution in [3.8, 4) is 0 Å². The molecule has 4 rings (SSSR count). The zero-order valence-corrected chi connectivity index (χ0v) is 18.5. The number of amides is 2. The highest BCUT2D eigenvalue weighted by Crippen LogP contribution is 2.26. The van der Waals surface area contributed by atoms with Gasteiger partial charge in [-0.25, -0.2) is 9.78 Å². The Hall–Kier alpha value is -2.64.